The number of rotatable bonds is 8. The quantitative estimate of drug-likeness (QED) is 0.407. The molecule has 148 valence electrons. The van der Waals surface area contributed by atoms with Gasteiger partial charge in [0.1, 0.15) is 0 Å². The molecule has 1 unspecified atom stereocenters. The maximum absolute atomic E-state index is 13.4. The van der Waals surface area contributed by atoms with Crippen molar-refractivity contribution in [2.24, 2.45) is 0 Å². The first-order valence-electron chi connectivity index (χ1n) is 8.96. The molecule has 7 heteroatoms. The molecule has 2 rings (SSSR count). The fourth-order valence-corrected chi connectivity index (χ4v) is 16.9. The maximum atomic E-state index is 13.4. The topological polar surface area (TPSA) is 34.1 Å². The van der Waals surface area contributed by atoms with Crippen molar-refractivity contribution in [3.05, 3.63) is 60.7 Å². The van der Waals surface area contributed by atoms with Crippen molar-refractivity contribution in [1.29, 1.82) is 0 Å². The second kappa shape index (κ2) is 8.82. The zero-order valence-corrected chi connectivity index (χ0v) is 18.5. The van der Waals surface area contributed by atoms with Gasteiger partial charge in [-0.3, -0.25) is 0 Å². The molecular formula is C20H25F3GeO2S. The molecule has 0 spiro atoms. The molecule has 0 aliphatic heterocycles. The van der Waals surface area contributed by atoms with Crippen LogP contribution in [-0.2, 0) is 9.84 Å². The van der Waals surface area contributed by atoms with Crippen LogP contribution in [0.5, 0.6) is 0 Å². The van der Waals surface area contributed by atoms with Gasteiger partial charge in [-0.25, -0.2) is 0 Å². The summed E-state index contributed by atoms with van der Waals surface area (Å²) in [7, 11) is -3.62. The van der Waals surface area contributed by atoms with Crippen molar-refractivity contribution in [1.82, 2.24) is 0 Å². The van der Waals surface area contributed by atoms with Gasteiger partial charge in [0.2, 0.25) is 0 Å². The van der Waals surface area contributed by atoms with E-state index in [1.54, 1.807) is 30.3 Å². The van der Waals surface area contributed by atoms with Gasteiger partial charge in [0.15, 0.2) is 0 Å². The van der Waals surface area contributed by atoms with Crippen LogP contribution in [0.25, 0.3) is 0 Å². The van der Waals surface area contributed by atoms with Gasteiger partial charge >= 0.3 is 162 Å². The molecule has 2 aromatic carbocycles. The number of benzene rings is 2. The summed E-state index contributed by atoms with van der Waals surface area (Å²) in [6.45, 7) is 0. The molecule has 1 atom stereocenters. The molecular weight excluding hydrogens is 434 g/mol. The van der Waals surface area contributed by atoms with Crippen LogP contribution in [0.4, 0.5) is 13.2 Å². The SMILES string of the molecule is [CH3][Ge]([CH3])([c]1ccccc1)[CH](CCCCC(F)(F)F)S(=O)(=O)c1ccccc1. The van der Waals surface area contributed by atoms with E-state index in [2.05, 4.69) is 0 Å². The molecule has 0 aromatic heterocycles. The Kier molecular flexibility index (Phi) is 7.19. The molecule has 0 saturated heterocycles. The summed E-state index contributed by atoms with van der Waals surface area (Å²) in [4.78, 5) is 0.250. The van der Waals surface area contributed by atoms with Crippen molar-refractivity contribution >= 4 is 27.5 Å². The average Bonchev–Trinajstić information content (AvgIpc) is 2.61. The Morgan fingerprint density at radius 2 is 1.41 bits per heavy atom. The van der Waals surface area contributed by atoms with Gasteiger partial charge in [0.05, 0.1) is 0 Å². The van der Waals surface area contributed by atoms with Gasteiger partial charge < -0.3 is 0 Å². The summed E-state index contributed by atoms with van der Waals surface area (Å²) < 4.78 is 64.6. The zero-order valence-electron chi connectivity index (χ0n) is 15.5. The molecule has 0 bridgehead atoms. The van der Waals surface area contributed by atoms with E-state index in [1.165, 1.54) is 0 Å². The first-order valence-corrected chi connectivity index (χ1v) is 17.0. The third-order valence-corrected chi connectivity index (χ3v) is 19.7. The summed E-state index contributed by atoms with van der Waals surface area (Å²) in [5, 5.41) is 0. The van der Waals surface area contributed by atoms with Crippen LogP contribution in [0.3, 0.4) is 0 Å². The molecule has 0 radical (unpaired) electrons. The molecule has 0 fully saturated rings. The van der Waals surface area contributed by atoms with E-state index < -0.39 is 39.8 Å². The predicted octanol–water partition coefficient (Wildman–Crippen LogP) is 5.11. The van der Waals surface area contributed by atoms with Crippen molar-refractivity contribution in [2.75, 3.05) is 0 Å². The third kappa shape index (κ3) is 5.85. The van der Waals surface area contributed by atoms with E-state index in [0.717, 1.165) is 4.40 Å². The first kappa shape index (κ1) is 22.0. The predicted molar refractivity (Wildman–Crippen MR) is 105 cm³/mol. The second-order valence-electron chi connectivity index (χ2n) is 7.30. The van der Waals surface area contributed by atoms with E-state index in [0.29, 0.717) is 0 Å². The van der Waals surface area contributed by atoms with Crippen LogP contribution >= 0.6 is 0 Å². The van der Waals surface area contributed by atoms with E-state index in [-0.39, 0.29) is 24.2 Å². The van der Waals surface area contributed by atoms with Gasteiger partial charge in [-0.05, 0) is 0 Å². The Labute approximate surface area is 162 Å². The Balaban J connectivity index is 2.34. The molecule has 27 heavy (non-hydrogen) atoms. The van der Waals surface area contributed by atoms with Gasteiger partial charge in [-0.15, -0.1) is 0 Å². The number of sulfone groups is 1. The Bertz CT molecular complexity index is 819. The van der Waals surface area contributed by atoms with Crippen LogP contribution in [0, 0.1) is 0 Å². The van der Waals surface area contributed by atoms with Crippen LogP contribution in [0.2, 0.25) is 11.5 Å². The fourth-order valence-electron chi connectivity index (χ4n) is 3.39. The van der Waals surface area contributed by atoms with Crippen LogP contribution in [-0.4, -0.2) is 31.9 Å². The van der Waals surface area contributed by atoms with Gasteiger partial charge in [0.25, 0.3) is 0 Å². The number of alkyl halides is 3. The Hall–Kier alpha value is -1.28. The number of halogens is 3. The normalized spacial score (nSPS) is 14.1. The molecule has 2 nitrogen and oxygen atoms in total. The Morgan fingerprint density at radius 1 is 0.889 bits per heavy atom. The molecule has 2 aromatic rings. The van der Waals surface area contributed by atoms with Crippen molar-refractivity contribution in [3.8, 4) is 0 Å². The van der Waals surface area contributed by atoms with Crippen molar-refractivity contribution in [3.63, 3.8) is 0 Å². The minimum absolute atomic E-state index is 0.0442. The molecule has 0 heterocycles. The molecule has 0 N–H and O–H groups in total. The summed E-state index contributed by atoms with van der Waals surface area (Å²) in [6.07, 6.45) is -4.61. The molecule has 0 aliphatic carbocycles. The second-order valence-corrected chi connectivity index (χ2v) is 20.2. The zero-order chi connectivity index (χ0) is 20.1. The van der Waals surface area contributed by atoms with Crippen molar-refractivity contribution < 1.29 is 21.6 Å². The monoisotopic (exact) mass is 460 g/mol. The molecule has 0 saturated carbocycles. The molecule has 0 amide bonds. The van der Waals surface area contributed by atoms with Crippen LogP contribution < -0.4 is 4.40 Å². The molecule has 0 aliphatic rings. The summed E-state index contributed by atoms with van der Waals surface area (Å²) in [5.74, 6) is 4.06. The van der Waals surface area contributed by atoms with Crippen LogP contribution in [0.1, 0.15) is 25.7 Å². The Morgan fingerprint density at radius 3 is 1.93 bits per heavy atom. The third-order valence-electron chi connectivity index (χ3n) is 4.95. The van der Waals surface area contributed by atoms with E-state index in [1.807, 2.05) is 41.8 Å². The summed E-state index contributed by atoms with van der Waals surface area (Å²) in [5.41, 5.74) is 0. The van der Waals surface area contributed by atoms with E-state index in [4.69, 9.17) is 0 Å². The van der Waals surface area contributed by atoms with Gasteiger partial charge in [-0.1, -0.05) is 0 Å². The van der Waals surface area contributed by atoms with Gasteiger partial charge in [0, 0.05) is 0 Å². The van der Waals surface area contributed by atoms with E-state index >= 15 is 0 Å². The van der Waals surface area contributed by atoms with E-state index in [9.17, 15) is 21.6 Å². The minimum atomic E-state index is -4.20. The standard InChI is InChI=1S/C20H25F3GeO2S/c1-24(2,17-11-5-3-6-12-17)19(15-9-10-16-20(21,22)23)27(25,26)18-13-7-4-8-14-18/h3-8,11-14,19H,9-10,15-16H2,1-2H3. The summed E-state index contributed by atoms with van der Waals surface area (Å²) in [6, 6.07) is 17.8. The number of hydrogen-bond acceptors (Lipinski definition) is 2. The van der Waals surface area contributed by atoms with Crippen LogP contribution in [0.15, 0.2) is 65.6 Å². The fraction of sp³-hybridized carbons (Fsp3) is 0.400. The first-order chi connectivity index (χ1) is 12.5. The average molecular weight is 459 g/mol. The summed E-state index contributed by atoms with van der Waals surface area (Å²) >= 11 is -3.10. The van der Waals surface area contributed by atoms with Crippen molar-refractivity contribution in [2.45, 2.75) is 52.3 Å². The number of unbranched alkanes of at least 4 members (excludes halogenated alkanes) is 1. The number of hydrogen-bond donors (Lipinski definition) is 0. The van der Waals surface area contributed by atoms with Gasteiger partial charge in [-0.2, -0.15) is 0 Å².